The first-order chi connectivity index (χ1) is 12.6. The molecule has 0 amide bonds. The Labute approximate surface area is 167 Å². The van der Waals surface area contributed by atoms with Gasteiger partial charge >= 0.3 is 0 Å². The second kappa shape index (κ2) is 8.68. The van der Waals surface area contributed by atoms with E-state index in [9.17, 15) is 0 Å². The predicted molar refractivity (Wildman–Crippen MR) is 115 cm³/mol. The molecule has 0 bridgehead atoms. The Bertz CT molecular complexity index is 858. The van der Waals surface area contributed by atoms with Gasteiger partial charge in [0.15, 0.2) is 11.6 Å². The number of rotatable bonds is 5. The van der Waals surface area contributed by atoms with Crippen LogP contribution in [-0.4, -0.2) is 54.5 Å². The third-order valence-electron chi connectivity index (χ3n) is 4.10. The second-order valence-corrected chi connectivity index (χ2v) is 7.28. The van der Waals surface area contributed by atoms with Gasteiger partial charge in [-0.15, -0.1) is 0 Å². The highest BCUT2D eigenvalue weighted by molar-refractivity contribution is 14.1. The van der Waals surface area contributed by atoms with Crippen LogP contribution in [0.5, 0.6) is 0 Å². The summed E-state index contributed by atoms with van der Waals surface area (Å²) in [5.41, 5.74) is 3.49. The lowest BCUT2D eigenvalue weighted by Gasteiger charge is -2.28. The second-order valence-electron chi connectivity index (χ2n) is 5.94. The molecule has 1 atom stereocenters. The van der Waals surface area contributed by atoms with E-state index in [2.05, 4.69) is 50.1 Å². The summed E-state index contributed by atoms with van der Waals surface area (Å²) in [4.78, 5) is 20.5. The number of allylic oxidation sites excluding steroid dienone is 3. The van der Waals surface area contributed by atoms with Crippen molar-refractivity contribution in [3.63, 3.8) is 0 Å². The number of hydrogen-bond acceptors (Lipinski definition) is 6. The summed E-state index contributed by atoms with van der Waals surface area (Å²) in [6, 6.07) is 2.07. The summed E-state index contributed by atoms with van der Waals surface area (Å²) in [5, 5.41) is 0. The van der Waals surface area contributed by atoms with Crippen LogP contribution in [0.4, 0.5) is 5.82 Å². The highest BCUT2D eigenvalue weighted by atomic mass is 127. The Morgan fingerprint density at radius 1 is 1.38 bits per heavy atom. The van der Waals surface area contributed by atoms with Gasteiger partial charge in [0.2, 0.25) is 0 Å². The van der Waals surface area contributed by atoms with Crippen molar-refractivity contribution in [2.45, 2.75) is 10.8 Å². The van der Waals surface area contributed by atoms with E-state index in [1.807, 2.05) is 31.5 Å². The Morgan fingerprint density at radius 3 is 2.85 bits per heavy atom. The summed E-state index contributed by atoms with van der Waals surface area (Å²) in [6.45, 7) is 9.03. The highest BCUT2D eigenvalue weighted by Gasteiger charge is 2.19. The van der Waals surface area contributed by atoms with Gasteiger partial charge in [-0.05, 0) is 18.6 Å². The molecule has 1 unspecified atom stereocenters. The van der Waals surface area contributed by atoms with Gasteiger partial charge in [-0.25, -0.2) is 9.97 Å². The van der Waals surface area contributed by atoms with E-state index in [-0.39, 0.29) is 3.92 Å². The molecule has 7 heteroatoms. The van der Waals surface area contributed by atoms with E-state index in [0.717, 1.165) is 41.1 Å². The minimum absolute atomic E-state index is 0.151. The number of halogens is 1. The topological polar surface area (TPSA) is 63.5 Å². The van der Waals surface area contributed by atoms with Crippen molar-refractivity contribution in [3.8, 4) is 0 Å². The molecule has 2 aromatic heterocycles. The van der Waals surface area contributed by atoms with Crippen molar-refractivity contribution in [2.24, 2.45) is 4.99 Å². The third kappa shape index (κ3) is 4.09. The molecule has 26 heavy (non-hydrogen) atoms. The SMILES string of the molecule is C=C(/C=C\C)c1nc(N2CCOCC2)c2ncc(C(I)/C=N\C)cc2n1. The van der Waals surface area contributed by atoms with Crippen LogP contribution in [0.15, 0.2) is 36.0 Å². The lowest BCUT2D eigenvalue weighted by atomic mass is 10.2. The van der Waals surface area contributed by atoms with Crippen molar-refractivity contribution < 1.29 is 4.74 Å². The van der Waals surface area contributed by atoms with E-state index in [1.165, 1.54) is 0 Å². The summed E-state index contributed by atoms with van der Waals surface area (Å²) in [7, 11) is 1.78. The summed E-state index contributed by atoms with van der Waals surface area (Å²) >= 11 is 2.34. The van der Waals surface area contributed by atoms with Crippen molar-refractivity contribution in [3.05, 3.63) is 42.4 Å². The molecule has 2 aromatic rings. The molecule has 0 saturated carbocycles. The van der Waals surface area contributed by atoms with Gasteiger partial charge in [0, 0.05) is 38.1 Å². The molecule has 0 spiro atoms. The van der Waals surface area contributed by atoms with Crippen molar-refractivity contribution in [2.75, 3.05) is 38.3 Å². The molecule has 0 radical (unpaired) electrons. The summed E-state index contributed by atoms with van der Waals surface area (Å²) < 4.78 is 5.63. The van der Waals surface area contributed by atoms with Crippen LogP contribution in [0.3, 0.4) is 0 Å². The third-order valence-corrected chi connectivity index (χ3v) is 5.14. The number of morpholine rings is 1. The smallest absolute Gasteiger partial charge is 0.161 e. The molecule has 1 saturated heterocycles. The first-order valence-electron chi connectivity index (χ1n) is 8.52. The number of aliphatic imine (C=N–C) groups is 1. The molecule has 1 aliphatic heterocycles. The van der Waals surface area contributed by atoms with Gasteiger partial charge in [-0.2, -0.15) is 0 Å². The van der Waals surface area contributed by atoms with Crippen LogP contribution in [-0.2, 0) is 4.74 Å². The summed E-state index contributed by atoms with van der Waals surface area (Å²) in [6.07, 6.45) is 7.64. The minimum Gasteiger partial charge on any atom is -0.378 e. The van der Waals surface area contributed by atoms with Crippen LogP contribution in [0.25, 0.3) is 16.6 Å². The molecule has 1 fully saturated rings. The molecular weight excluding hydrogens is 441 g/mol. The number of fused-ring (bicyclic) bond motifs is 1. The van der Waals surface area contributed by atoms with Gasteiger partial charge in [-0.3, -0.25) is 9.98 Å². The average molecular weight is 463 g/mol. The van der Waals surface area contributed by atoms with Gasteiger partial charge in [0.1, 0.15) is 5.52 Å². The highest BCUT2D eigenvalue weighted by Crippen LogP contribution is 2.29. The lowest BCUT2D eigenvalue weighted by molar-refractivity contribution is 0.122. The lowest BCUT2D eigenvalue weighted by Crippen LogP contribution is -2.37. The number of anilines is 1. The number of ether oxygens (including phenoxy) is 1. The predicted octanol–water partition coefficient (Wildman–Crippen LogP) is 3.63. The van der Waals surface area contributed by atoms with Crippen LogP contribution < -0.4 is 4.90 Å². The zero-order valence-corrected chi connectivity index (χ0v) is 17.2. The number of hydrogen-bond donors (Lipinski definition) is 0. The minimum atomic E-state index is 0.151. The maximum absolute atomic E-state index is 5.48. The Hall–Kier alpha value is -1.87. The first-order valence-corrected chi connectivity index (χ1v) is 9.77. The van der Waals surface area contributed by atoms with Crippen molar-refractivity contribution in [1.29, 1.82) is 0 Å². The van der Waals surface area contributed by atoms with Gasteiger partial charge in [0.25, 0.3) is 0 Å². The molecule has 136 valence electrons. The monoisotopic (exact) mass is 463 g/mol. The average Bonchev–Trinajstić information content (AvgIpc) is 2.67. The Kier molecular flexibility index (Phi) is 6.31. The van der Waals surface area contributed by atoms with Crippen LogP contribution in [0.2, 0.25) is 0 Å². The normalized spacial score (nSPS) is 16.7. The van der Waals surface area contributed by atoms with Crippen LogP contribution in [0, 0.1) is 0 Å². The van der Waals surface area contributed by atoms with Gasteiger partial charge < -0.3 is 9.64 Å². The fraction of sp³-hybridized carbons (Fsp3) is 0.368. The number of pyridine rings is 1. The molecular formula is C19H22IN5O. The van der Waals surface area contributed by atoms with Crippen LogP contribution in [0.1, 0.15) is 22.2 Å². The maximum Gasteiger partial charge on any atom is 0.161 e. The van der Waals surface area contributed by atoms with Crippen molar-refractivity contribution in [1.82, 2.24) is 15.0 Å². The quantitative estimate of drug-likeness (QED) is 0.293. The number of aromatic nitrogens is 3. The van der Waals surface area contributed by atoms with E-state index >= 15 is 0 Å². The fourth-order valence-corrected chi connectivity index (χ4v) is 3.46. The van der Waals surface area contributed by atoms with Crippen molar-refractivity contribution >= 4 is 51.2 Å². The molecule has 0 N–H and O–H groups in total. The largest absolute Gasteiger partial charge is 0.378 e. The molecule has 6 nitrogen and oxygen atoms in total. The maximum atomic E-state index is 5.48. The Balaban J connectivity index is 2.14. The zero-order chi connectivity index (χ0) is 18.5. The zero-order valence-electron chi connectivity index (χ0n) is 15.0. The molecule has 0 aromatic carbocycles. The fourth-order valence-electron chi connectivity index (χ4n) is 2.80. The standard InChI is InChI=1S/C19H22IN5O/c1-4-5-13(2)18-23-16-10-14(15(20)12-21-3)11-22-17(16)19(24-18)25-6-8-26-9-7-25/h4-5,10-12,15H,2,6-9H2,1,3H3/b5-4-,21-12-. The van der Waals surface area contributed by atoms with E-state index in [4.69, 9.17) is 14.7 Å². The molecule has 3 heterocycles. The van der Waals surface area contributed by atoms with Crippen LogP contribution >= 0.6 is 22.6 Å². The molecule has 0 aliphatic carbocycles. The van der Waals surface area contributed by atoms with Gasteiger partial charge in [0.05, 0.1) is 22.7 Å². The first kappa shape index (κ1) is 18.9. The van der Waals surface area contributed by atoms with Gasteiger partial charge in [-0.1, -0.05) is 41.3 Å². The number of nitrogens with zero attached hydrogens (tertiary/aromatic N) is 5. The number of alkyl halides is 1. The molecule has 1 aliphatic rings. The molecule has 3 rings (SSSR count). The summed E-state index contributed by atoms with van der Waals surface area (Å²) in [5.74, 6) is 1.48. The van der Waals surface area contributed by atoms with E-state index in [1.54, 1.807) is 7.05 Å². The van der Waals surface area contributed by atoms with E-state index < -0.39 is 0 Å². The Morgan fingerprint density at radius 2 is 2.15 bits per heavy atom. The van der Waals surface area contributed by atoms with E-state index in [0.29, 0.717) is 19.0 Å².